The summed E-state index contributed by atoms with van der Waals surface area (Å²) < 4.78 is 5.48. The van der Waals surface area contributed by atoms with Gasteiger partial charge in [-0.15, -0.1) is 0 Å². The molecule has 8 nitrogen and oxygen atoms in total. The lowest BCUT2D eigenvalue weighted by Crippen LogP contribution is -2.32. The molecule has 2 aromatic carbocycles. The molecule has 0 radical (unpaired) electrons. The minimum absolute atomic E-state index is 0.000296. The maximum Gasteiger partial charge on any atom is 0.288 e. The molecule has 3 rings (SSSR count). The van der Waals surface area contributed by atoms with Crippen LogP contribution in [0.1, 0.15) is 33.6 Å². The van der Waals surface area contributed by atoms with Gasteiger partial charge in [0.05, 0.1) is 22.3 Å². The lowest BCUT2D eigenvalue weighted by Gasteiger charge is -2.14. The SMILES string of the molecule is O=C(Nc1ccccc1C(=O)NC[C@H]1CCCO1)c1ccc(Cl)c([N+](=O)[O-])c1. The fourth-order valence-corrected chi connectivity index (χ4v) is 3.07. The third-order valence-corrected chi connectivity index (χ3v) is 4.66. The zero-order valence-corrected chi connectivity index (χ0v) is 15.6. The molecule has 2 aromatic rings. The first kappa shape index (κ1) is 19.8. The highest BCUT2D eigenvalue weighted by Crippen LogP contribution is 2.26. The van der Waals surface area contributed by atoms with Gasteiger partial charge in [0.1, 0.15) is 5.02 Å². The van der Waals surface area contributed by atoms with E-state index in [1.807, 2.05) is 0 Å². The van der Waals surface area contributed by atoms with Gasteiger partial charge in [0.15, 0.2) is 0 Å². The van der Waals surface area contributed by atoms with E-state index in [0.717, 1.165) is 18.9 Å². The molecule has 0 spiro atoms. The molecule has 0 unspecified atom stereocenters. The van der Waals surface area contributed by atoms with Gasteiger partial charge in [0, 0.05) is 24.8 Å². The van der Waals surface area contributed by atoms with Crippen molar-refractivity contribution in [2.24, 2.45) is 0 Å². The highest BCUT2D eigenvalue weighted by molar-refractivity contribution is 6.32. The van der Waals surface area contributed by atoms with Crippen LogP contribution in [-0.4, -0.2) is 36.0 Å². The number of hydrogen-bond donors (Lipinski definition) is 2. The van der Waals surface area contributed by atoms with Crippen molar-refractivity contribution in [2.75, 3.05) is 18.5 Å². The van der Waals surface area contributed by atoms with Gasteiger partial charge in [-0.2, -0.15) is 0 Å². The van der Waals surface area contributed by atoms with E-state index in [0.29, 0.717) is 18.8 Å². The minimum atomic E-state index is -0.661. The number of rotatable bonds is 6. The van der Waals surface area contributed by atoms with Gasteiger partial charge in [-0.25, -0.2) is 0 Å². The number of nitro benzene ring substituents is 1. The van der Waals surface area contributed by atoms with Crippen molar-refractivity contribution in [1.82, 2.24) is 5.32 Å². The summed E-state index contributed by atoms with van der Waals surface area (Å²) in [4.78, 5) is 35.4. The molecule has 2 amide bonds. The van der Waals surface area contributed by atoms with Gasteiger partial charge >= 0.3 is 0 Å². The van der Waals surface area contributed by atoms with Gasteiger partial charge < -0.3 is 15.4 Å². The van der Waals surface area contributed by atoms with E-state index in [2.05, 4.69) is 10.6 Å². The first-order valence-corrected chi connectivity index (χ1v) is 9.07. The number of nitrogens with zero attached hydrogens (tertiary/aromatic N) is 1. The Morgan fingerprint density at radius 2 is 2.00 bits per heavy atom. The van der Waals surface area contributed by atoms with Crippen molar-refractivity contribution in [1.29, 1.82) is 0 Å². The number of carbonyl (C=O) groups excluding carboxylic acids is 2. The van der Waals surface area contributed by atoms with Crippen LogP contribution in [-0.2, 0) is 4.74 Å². The molecule has 1 atom stereocenters. The molecule has 28 heavy (non-hydrogen) atoms. The van der Waals surface area contributed by atoms with Gasteiger partial charge in [0.25, 0.3) is 17.5 Å². The summed E-state index contributed by atoms with van der Waals surface area (Å²) in [5, 5.41) is 16.4. The minimum Gasteiger partial charge on any atom is -0.376 e. The number of carbonyl (C=O) groups is 2. The molecule has 9 heteroatoms. The molecule has 0 saturated carbocycles. The molecular weight excluding hydrogens is 386 g/mol. The number of hydrogen-bond acceptors (Lipinski definition) is 5. The quantitative estimate of drug-likeness (QED) is 0.567. The summed E-state index contributed by atoms with van der Waals surface area (Å²) >= 11 is 5.77. The Morgan fingerprint density at radius 3 is 2.71 bits per heavy atom. The van der Waals surface area contributed by atoms with Crippen LogP contribution in [0, 0.1) is 10.1 Å². The molecule has 1 saturated heterocycles. The van der Waals surface area contributed by atoms with Crippen LogP contribution >= 0.6 is 11.6 Å². The molecule has 1 aliphatic heterocycles. The lowest BCUT2D eigenvalue weighted by molar-refractivity contribution is -0.384. The number of para-hydroxylation sites is 1. The first-order valence-electron chi connectivity index (χ1n) is 8.70. The molecule has 1 heterocycles. The summed E-state index contributed by atoms with van der Waals surface area (Å²) in [5.74, 6) is -0.923. The van der Waals surface area contributed by atoms with Crippen LogP contribution in [0.4, 0.5) is 11.4 Å². The molecule has 2 N–H and O–H groups in total. The highest BCUT2D eigenvalue weighted by atomic mass is 35.5. The average molecular weight is 404 g/mol. The maximum absolute atomic E-state index is 12.5. The second-order valence-electron chi connectivity index (χ2n) is 6.27. The van der Waals surface area contributed by atoms with Crippen LogP contribution < -0.4 is 10.6 Å². The molecule has 1 aliphatic rings. The predicted octanol–water partition coefficient (Wildman–Crippen LogP) is 3.41. The van der Waals surface area contributed by atoms with Crippen LogP contribution in [0.2, 0.25) is 5.02 Å². The van der Waals surface area contributed by atoms with Crippen LogP contribution in [0.3, 0.4) is 0 Å². The Kier molecular flexibility index (Phi) is 6.23. The number of nitro groups is 1. The van der Waals surface area contributed by atoms with Crippen LogP contribution in [0.5, 0.6) is 0 Å². The Hall–Kier alpha value is -2.97. The van der Waals surface area contributed by atoms with Crippen molar-refractivity contribution in [2.45, 2.75) is 18.9 Å². The monoisotopic (exact) mass is 403 g/mol. The summed E-state index contributed by atoms with van der Waals surface area (Å²) in [5.41, 5.74) is 0.287. The van der Waals surface area contributed by atoms with E-state index in [4.69, 9.17) is 16.3 Å². The first-order chi connectivity index (χ1) is 13.5. The Bertz CT molecular complexity index is 912. The molecule has 0 aromatic heterocycles. The third-order valence-electron chi connectivity index (χ3n) is 4.34. The van der Waals surface area contributed by atoms with Crippen LogP contribution in [0.15, 0.2) is 42.5 Å². The van der Waals surface area contributed by atoms with Gasteiger partial charge in [0.2, 0.25) is 0 Å². The molecule has 1 fully saturated rings. The van der Waals surface area contributed by atoms with Crippen molar-refractivity contribution < 1.29 is 19.2 Å². The third kappa shape index (κ3) is 4.65. The topological polar surface area (TPSA) is 111 Å². The summed E-state index contributed by atoms with van der Waals surface area (Å²) in [6.45, 7) is 1.09. The van der Waals surface area contributed by atoms with Gasteiger partial charge in [-0.1, -0.05) is 23.7 Å². The van der Waals surface area contributed by atoms with Crippen molar-refractivity contribution in [3.8, 4) is 0 Å². The van der Waals surface area contributed by atoms with Gasteiger partial charge in [-0.05, 0) is 37.1 Å². The smallest absolute Gasteiger partial charge is 0.288 e. The average Bonchev–Trinajstić information content (AvgIpc) is 3.20. The number of benzene rings is 2. The second-order valence-corrected chi connectivity index (χ2v) is 6.68. The number of anilines is 1. The van der Waals surface area contributed by atoms with Crippen molar-refractivity contribution >= 4 is 34.8 Å². The molecular formula is C19H18ClN3O5. The highest BCUT2D eigenvalue weighted by Gasteiger charge is 2.20. The number of amides is 2. The predicted molar refractivity (Wildman–Crippen MR) is 104 cm³/mol. The van der Waals surface area contributed by atoms with E-state index in [1.165, 1.54) is 12.1 Å². The fourth-order valence-electron chi connectivity index (χ4n) is 2.89. The summed E-state index contributed by atoms with van der Waals surface area (Å²) in [7, 11) is 0. The van der Waals surface area contributed by atoms with E-state index in [1.54, 1.807) is 24.3 Å². The zero-order chi connectivity index (χ0) is 20.1. The molecule has 0 aliphatic carbocycles. The second kappa shape index (κ2) is 8.81. The Balaban J connectivity index is 1.73. The standard InChI is InChI=1S/C19H18ClN3O5/c20-15-8-7-12(10-17(15)23(26)27)18(24)22-16-6-2-1-5-14(16)19(25)21-11-13-4-3-9-28-13/h1-2,5-8,10,13H,3-4,9,11H2,(H,21,25)(H,22,24)/t13-/m1/s1. The van der Waals surface area contributed by atoms with Gasteiger partial charge in [-0.3, -0.25) is 19.7 Å². The largest absolute Gasteiger partial charge is 0.376 e. The van der Waals surface area contributed by atoms with E-state index in [-0.39, 0.29) is 33.8 Å². The Labute approximate surface area is 166 Å². The molecule has 0 bridgehead atoms. The summed E-state index contributed by atoms with van der Waals surface area (Å²) in [6.07, 6.45) is 1.87. The number of ether oxygens (including phenoxy) is 1. The summed E-state index contributed by atoms with van der Waals surface area (Å²) in [6, 6.07) is 10.3. The fraction of sp³-hybridized carbons (Fsp3) is 0.263. The normalized spacial score (nSPS) is 15.8. The van der Waals surface area contributed by atoms with Crippen molar-refractivity contribution in [3.05, 3.63) is 68.7 Å². The van der Waals surface area contributed by atoms with E-state index in [9.17, 15) is 19.7 Å². The number of halogens is 1. The lowest BCUT2D eigenvalue weighted by atomic mass is 10.1. The zero-order valence-electron chi connectivity index (χ0n) is 14.8. The Morgan fingerprint density at radius 1 is 1.21 bits per heavy atom. The van der Waals surface area contributed by atoms with Crippen LogP contribution in [0.25, 0.3) is 0 Å². The van der Waals surface area contributed by atoms with E-state index >= 15 is 0 Å². The number of nitrogens with one attached hydrogen (secondary N) is 2. The molecule has 146 valence electrons. The van der Waals surface area contributed by atoms with E-state index < -0.39 is 10.8 Å². The maximum atomic E-state index is 12.5. The van der Waals surface area contributed by atoms with Crippen molar-refractivity contribution in [3.63, 3.8) is 0 Å².